The summed E-state index contributed by atoms with van der Waals surface area (Å²) >= 11 is 0. The predicted octanol–water partition coefficient (Wildman–Crippen LogP) is 6.49. The van der Waals surface area contributed by atoms with Gasteiger partial charge in [0.2, 0.25) is 0 Å². The van der Waals surface area contributed by atoms with Crippen LogP contribution in [0, 0.1) is 46.8 Å². The van der Waals surface area contributed by atoms with Crippen molar-refractivity contribution >= 4 is 7.82 Å². The van der Waals surface area contributed by atoms with Crippen molar-refractivity contribution in [3.63, 3.8) is 0 Å². The van der Waals surface area contributed by atoms with Crippen LogP contribution < -0.4 is 9.05 Å². The smallest absolute Gasteiger partial charge is 0.395 e. The van der Waals surface area contributed by atoms with Crippen LogP contribution in [0.1, 0.15) is 39.5 Å². The van der Waals surface area contributed by atoms with E-state index >= 15 is 0 Å². The maximum Gasteiger partial charge on any atom is 0.587 e. The minimum atomic E-state index is -3.76. The van der Waals surface area contributed by atoms with Crippen molar-refractivity contribution in [3.8, 4) is 11.5 Å². The van der Waals surface area contributed by atoms with E-state index in [2.05, 4.69) is 13.8 Å². The molecule has 0 aromatic heterocycles. The van der Waals surface area contributed by atoms with E-state index in [0.29, 0.717) is 24.0 Å². The Morgan fingerprint density at radius 1 is 0.885 bits per heavy atom. The summed E-state index contributed by atoms with van der Waals surface area (Å²) in [6, 6.07) is 17.9. The standard InChI is InChI=1S/C20H27O4P.Nd/c1-3-5-12-18(4-2)17-22-25(21,23-19-13-8-6-9-14-19)24-20-15-10-7-11-16-20;/h6-11,13-16,18H,3-5,12,17H2,1-2H3;. The molecular weight excluding hydrogens is 479 g/mol. The third kappa shape index (κ3) is 8.51. The van der Waals surface area contributed by atoms with Gasteiger partial charge >= 0.3 is 7.82 Å². The van der Waals surface area contributed by atoms with Crippen LogP contribution in [0.25, 0.3) is 0 Å². The van der Waals surface area contributed by atoms with Crippen molar-refractivity contribution < 1.29 is 59.0 Å². The van der Waals surface area contributed by atoms with Crippen LogP contribution >= 0.6 is 7.82 Å². The molecule has 0 aliphatic rings. The molecule has 2 rings (SSSR count). The Bertz CT molecular complexity index is 606. The average Bonchev–Trinajstić information content (AvgIpc) is 2.63. The average molecular weight is 507 g/mol. The Morgan fingerprint density at radius 3 is 1.81 bits per heavy atom. The predicted molar refractivity (Wildman–Crippen MR) is 101 cm³/mol. The Labute approximate surface area is 189 Å². The fourth-order valence-electron chi connectivity index (χ4n) is 2.39. The van der Waals surface area contributed by atoms with E-state index in [0.717, 1.165) is 25.7 Å². The van der Waals surface area contributed by atoms with E-state index in [-0.39, 0.29) is 40.8 Å². The number of phosphoric ester groups is 1. The maximum absolute atomic E-state index is 13.2. The molecular formula is C20H27NdO4P. The zero-order valence-electron chi connectivity index (χ0n) is 15.5. The van der Waals surface area contributed by atoms with Crippen molar-refractivity contribution in [2.45, 2.75) is 39.5 Å². The molecule has 140 valence electrons. The minimum absolute atomic E-state index is 0. The summed E-state index contributed by atoms with van der Waals surface area (Å²) in [7, 11) is -3.76. The van der Waals surface area contributed by atoms with Gasteiger partial charge in [-0.2, -0.15) is 0 Å². The van der Waals surface area contributed by atoms with Crippen LogP contribution in [0.4, 0.5) is 0 Å². The van der Waals surface area contributed by atoms with Gasteiger partial charge in [0.05, 0.1) is 6.61 Å². The Kier molecular flexibility index (Phi) is 11.7. The van der Waals surface area contributed by atoms with Gasteiger partial charge in [-0.15, -0.1) is 0 Å². The summed E-state index contributed by atoms with van der Waals surface area (Å²) in [5, 5.41) is 0. The van der Waals surface area contributed by atoms with Gasteiger partial charge in [0.1, 0.15) is 11.5 Å². The van der Waals surface area contributed by atoms with Gasteiger partial charge in [0.25, 0.3) is 0 Å². The van der Waals surface area contributed by atoms with Crippen molar-refractivity contribution in [1.82, 2.24) is 0 Å². The quantitative estimate of drug-likeness (QED) is 0.327. The number of phosphoric acid groups is 1. The van der Waals surface area contributed by atoms with E-state index in [1.807, 2.05) is 36.4 Å². The number of para-hydroxylation sites is 2. The van der Waals surface area contributed by atoms with Crippen LogP contribution in [0.2, 0.25) is 0 Å². The van der Waals surface area contributed by atoms with Crippen LogP contribution in [-0.4, -0.2) is 6.61 Å². The summed E-state index contributed by atoms with van der Waals surface area (Å²) in [5.74, 6) is 1.26. The van der Waals surface area contributed by atoms with Gasteiger partial charge in [-0.25, -0.2) is 4.57 Å². The molecule has 0 fully saturated rings. The second-order valence-electron chi connectivity index (χ2n) is 5.97. The first-order valence-corrected chi connectivity index (χ1v) is 10.3. The molecule has 0 radical (unpaired) electrons. The molecule has 0 heterocycles. The first-order chi connectivity index (χ1) is 12.1. The van der Waals surface area contributed by atoms with Crippen molar-refractivity contribution in [1.29, 1.82) is 0 Å². The van der Waals surface area contributed by atoms with Gasteiger partial charge < -0.3 is 9.05 Å². The SMILES string of the molecule is CCCCC(CC)COP(=O)(Oc1ccccc1)Oc1ccccc1.[Nd]. The largest absolute Gasteiger partial charge is 0.587 e. The Balaban J connectivity index is 0.00000338. The first kappa shape index (κ1) is 23.6. The molecule has 4 nitrogen and oxygen atoms in total. The van der Waals surface area contributed by atoms with Gasteiger partial charge in [0, 0.05) is 40.8 Å². The fraction of sp³-hybridized carbons (Fsp3) is 0.400. The topological polar surface area (TPSA) is 44.8 Å². The number of benzene rings is 2. The minimum Gasteiger partial charge on any atom is -0.395 e. The van der Waals surface area contributed by atoms with Crippen molar-refractivity contribution in [3.05, 3.63) is 60.7 Å². The van der Waals surface area contributed by atoms with Gasteiger partial charge in [-0.05, 0) is 36.6 Å². The molecule has 2 aromatic rings. The Morgan fingerprint density at radius 2 is 1.38 bits per heavy atom. The van der Waals surface area contributed by atoms with E-state index in [4.69, 9.17) is 13.6 Å². The van der Waals surface area contributed by atoms with E-state index in [9.17, 15) is 4.57 Å². The molecule has 0 bridgehead atoms. The molecule has 2 aromatic carbocycles. The molecule has 0 saturated carbocycles. The van der Waals surface area contributed by atoms with Crippen LogP contribution in [-0.2, 0) is 9.09 Å². The summed E-state index contributed by atoms with van der Waals surface area (Å²) in [4.78, 5) is 0. The molecule has 26 heavy (non-hydrogen) atoms. The third-order valence-corrected chi connectivity index (χ3v) is 5.27. The second kappa shape index (κ2) is 12.9. The van der Waals surface area contributed by atoms with Crippen LogP contribution in [0.15, 0.2) is 60.7 Å². The number of hydrogen-bond acceptors (Lipinski definition) is 4. The molecule has 0 N–H and O–H groups in total. The monoisotopic (exact) mass is 504 g/mol. The Hall–Kier alpha value is -0.419. The summed E-state index contributed by atoms with van der Waals surface area (Å²) in [5.41, 5.74) is 0. The van der Waals surface area contributed by atoms with E-state index < -0.39 is 7.82 Å². The molecule has 0 aliphatic carbocycles. The summed E-state index contributed by atoms with van der Waals surface area (Å²) in [6.07, 6.45) is 4.28. The van der Waals surface area contributed by atoms with Crippen molar-refractivity contribution in [2.75, 3.05) is 6.61 Å². The zero-order chi connectivity index (χ0) is 18.0. The van der Waals surface area contributed by atoms with E-state index in [1.54, 1.807) is 24.3 Å². The number of hydrogen-bond donors (Lipinski definition) is 0. The molecule has 0 saturated heterocycles. The molecule has 0 aliphatic heterocycles. The molecule has 1 unspecified atom stereocenters. The summed E-state index contributed by atoms with van der Waals surface area (Å²) < 4.78 is 30.1. The molecule has 1 atom stereocenters. The molecule has 0 spiro atoms. The molecule has 6 heteroatoms. The fourth-order valence-corrected chi connectivity index (χ4v) is 3.68. The number of rotatable bonds is 11. The second-order valence-corrected chi connectivity index (χ2v) is 7.49. The first-order valence-electron chi connectivity index (χ1n) is 8.89. The van der Waals surface area contributed by atoms with Gasteiger partial charge in [-0.3, -0.25) is 4.52 Å². The third-order valence-electron chi connectivity index (χ3n) is 3.93. The maximum atomic E-state index is 13.2. The summed E-state index contributed by atoms with van der Waals surface area (Å²) in [6.45, 7) is 4.63. The van der Waals surface area contributed by atoms with Gasteiger partial charge in [0.15, 0.2) is 0 Å². The zero-order valence-corrected chi connectivity index (χ0v) is 19.6. The normalized spacial score (nSPS) is 12.1. The van der Waals surface area contributed by atoms with Crippen LogP contribution in [0.5, 0.6) is 11.5 Å². The van der Waals surface area contributed by atoms with Gasteiger partial charge in [-0.1, -0.05) is 69.5 Å². The number of unbranched alkanes of at least 4 members (excludes halogenated alkanes) is 1. The van der Waals surface area contributed by atoms with Crippen molar-refractivity contribution in [2.24, 2.45) is 5.92 Å². The van der Waals surface area contributed by atoms with Crippen LogP contribution in [0.3, 0.4) is 0 Å². The molecule has 0 amide bonds. The van der Waals surface area contributed by atoms with E-state index in [1.165, 1.54) is 0 Å².